The summed E-state index contributed by atoms with van der Waals surface area (Å²) in [7, 11) is 3.47. The predicted octanol–water partition coefficient (Wildman–Crippen LogP) is 2.82. The fourth-order valence-electron chi connectivity index (χ4n) is 3.85. The fourth-order valence-corrected chi connectivity index (χ4v) is 3.85. The van der Waals surface area contributed by atoms with Gasteiger partial charge in [0.15, 0.2) is 0 Å². The van der Waals surface area contributed by atoms with Gasteiger partial charge in [-0.3, -0.25) is 14.5 Å². The Morgan fingerprint density at radius 2 is 1.68 bits per heavy atom. The van der Waals surface area contributed by atoms with Gasteiger partial charge in [0.25, 0.3) is 0 Å². The minimum atomic E-state index is 0.0884. The molecule has 0 N–H and O–H groups in total. The average molecular weight is 424 g/mol. The summed E-state index contributed by atoms with van der Waals surface area (Å²) < 4.78 is 5.25. The third kappa shape index (κ3) is 7.10. The molecule has 0 radical (unpaired) electrons. The Balaban J connectivity index is 1.36. The molecule has 2 aromatic rings. The SMILES string of the molecule is COc1cccc(CN(C)C(=O)CN2CCN(C(=O)CCCc3ccccc3)CC2)c1. The van der Waals surface area contributed by atoms with Crippen LogP contribution in [-0.4, -0.2) is 73.4 Å². The highest BCUT2D eigenvalue weighted by molar-refractivity contribution is 5.78. The second-order valence-electron chi connectivity index (χ2n) is 8.10. The number of piperazine rings is 1. The average Bonchev–Trinajstić information content (AvgIpc) is 2.80. The Hall–Kier alpha value is -2.86. The van der Waals surface area contributed by atoms with E-state index in [1.165, 1.54) is 5.56 Å². The zero-order valence-electron chi connectivity index (χ0n) is 18.6. The van der Waals surface area contributed by atoms with Crippen molar-refractivity contribution < 1.29 is 14.3 Å². The molecule has 0 aliphatic carbocycles. The fraction of sp³-hybridized carbons (Fsp3) is 0.440. The van der Waals surface area contributed by atoms with Gasteiger partial charge in [-0.15, -0.1) is 0 Å². The maximum Gasteiger partial charge on any atom is 0.236 e. The second-order valence-corrected chi connectivity index (χ2v) is 8.10. The van der Waals surface area contributed by atoms with Gasteiger partial charge in [-0.1, -0.05) is 42.5 Å². The van der Waals surface area contributed by atoms with Crippen molar-refractivity contribution in [2.45, 2.75) is 25.8 Å². The van der Waals surface area contributed by atoms with Gasteiger partial charge in [-0.2, -0.15) is 0 Å². The number of likely N-dealkylation sites (N-methyl/N-ethyl adjacent to an activating group) is 1. The van der Waals surface area contributed by atoms with E-state index < -0.39 is 0 Å². The van der Waals surface area contributed by atoms with Crippen molar-refractivity contribution in [1.29, 1.82) is 0 Å². The minimum Gasteiger partial charge on any atom is -0.497 e. The van der Waals surface area contributed by atoms with E-state index in [1.807, 2.05) is 54.4 Å². The number of rotatable bonds is 9. The van der Waals surface area contributed by atoms with E-state index in [0.717, 1.165) is 37.2 Å². The first kappa shape index (κ1) is 22.8. The number of ether oxygens (including phenoxy) is 1. The van der Waals surface area contributed by atoms with Crippen LogP contribution in [0.3, 0.4) is 0 Å². The third-order valence-electron chi connectivity index (χ3n) is 5.76. The summed E-state index contributed by atoms with van der Waals surface area (Å²) in [5.41, 5.74) is 2.32. The number of hydrogen-bond acceptors (Lipinski definition) is 4. The first-order valence-corrected chi connectivity index (χ1v) is 11.0. The standard InChI is InChI=1S/C25H33N3O3/c1-26(19-22-11-6-12-23(18-22)31-2)25(30)20-27-14-16-28(17-15-27)24(29)13-7-10-21-8-4-3-5-9-21/h3-6,8-9,11-12,18H,7,10,13-17,19-20H2,1-2H3. The monoisotopic (exact) mass is 423 g/mol. The molecule has 0 aromatic heterocycles. The lowest BCUT2D eigenvalue weighted by atomic mass is 10.1. The zero-order valence-corrected chi connectivity index (χ0v) is 18.6. The largest absolute Gasteiger partial charge is 0.497 e. The summed E-state index contributed by atoms with van der Waals surface area (Å²) in [5, 5.41) is 0. The molecule has 31 heavy (non-hydrogen) atoms. The number of nitrogens with zero attached hydrogens (tertiary/aromatic N) is 3. The highest BCUT2D eigenvalue weighted by Crippen LogP contribution is 2.14. The lowest BCUT2D eigenvalue weighted by Crippen LogP contribution is -2.51. The molecule has 0 spiro atoms. The molecule has 166 valence electrons. The molecule has 0 atom stereocenters. The van der Waals surface area contributed by atoms with E-state index in [1.54, 1.807) is 12.0 Å². The second kappa shape index (κ2) is 11.5. The molecule has 0 bridgehead atoms. The van der Waals surface area contributed by atoms with Gasteiger partial charge >= 0.3 is 0 Å². The quantitative estimate of drug-likeness (QED) is 0.622. The molecule has 1 saturated heterocycles. The smallest absolute Gasteiger partial charge is 0.236 e. The van der Waals surface area contributed by atoms with Crippen molar-refractivity contribution >= 4 is 11.8 Å². The number of aryl methyl sites for hydroxylation is 1. The zero-order chi connectivity index (χ0) is 22.1. The highest BCUT2D eigenvalue weighted by atomic mass is 16.5. The Labute approximate surface area is 185 Å². The van der Waals surface area contributed by atoms with E-state index >= 15 is 0 Å². The summed E-state index contributed by atoms with van der Waals surface area (Å²) >= 11 is 0. The number of benzene rings is 2. The summed E-state index contributed by atoms with van der Waals surface area (Å²) in [6.07, 6.45) is 2.38. The first-order chi connectivity index (χ1) is 15.0. The molecular formula is C25H33N3O3. The Kier molecular flexibility index (Phi) is 8.47. The van der Waals surface area contributed by atoms with Gasteiger partial charge < -0.3 is 14.5 Å². The van der Waals surface area contributed by atoms with Gasteiger partial charge in [0.05, 0.1) is 13.7 Å². The van der Waals surface area contributed by atoms with E-state index in [-0.39, 0.29) is 11.8 Å². The topological polar surface area (TPSA) is 53.1 Å². The molecule has 1 fully saturated rings. The molecule has 2 amide bonds. The van der Waals surface area contributed by atoms with E-state index in [0.29, 0.717) is 32.6 Å². The maximum atomic E-state index is 12.6. The number of carbonyl (C=O) groups excluding carboxylic acids is 2. The van der Waals surface area contributed by atoms with E-state index in [4.69, 9.17) is 4.74 Å². The normalized spacial score (nSPS) is 14.3. The van der Waals surface area contributed by atoms with Gasteiger partial charge in [0, 0.05) is 46.2 Å². The van der Waals surface area contributed by atoms with Crippen LogP contribution in [0.25, 0.3) is 0 Å². The molecular weight excluding hydrogens is 390 g/mol. The molecule has 1 aliphatic rings. The molecule has 6 heteroatoms. The van der Waals surface area contributed by atoms with Crippen molar-refractivity contribution in [3.63, 3.8) is 0 Å². The number of amides is 2. The molecule has 0 saturated carbocycles. The molecule has 3 rings (SSSR count). The van der Waals surface area contributed by atoms with E-state index in [2.05, 4.69) is 17.0 Å². The van der Waals surface area contributed by atoms with Crippen LogP contribution >= 0.6 is 0 Å². The molecule has 6 nitrogen and oxygen atoms in total. The van der Waals surface area contributed by atoms with Gasteiger partial charge in [0.2, 0.25) is 11.8 Å². The van der Waals surface area contributed by atoms with Crippen LogP contribution in [0.4, 0.5) is 0 Å². The molecule has 2 aromatic carbocycles. The molecule has 1 aliphatic heterocycles. The van der Waals surface area contributed by atoms with Gasteiger partial charge in [-0.25, -0.2) is 0 Å². The van der Waals surface area contributed by atoms with Crippen molar-refractivity contribution in [3.8, 4) is 5.75 Å². The lowest BCUT2D eigenvalue weighted by Gasteiger charge is -2.35. The van der Waals surface area contributed by atoms with Crippen molar-refractivity contribution in [1.82, 2.24) is 14.7 Å². The predicted molar refractivity (Wildman–Crippen MR) is 122 cm³/mol. The van der Waals surface area contributed by atoms with Crippen molar-refractivity contribution in [2.75, 3.05) is 46.9 Å². The van der Waals surface area contributed by atoms with Crippen LogP contribution in [0, 0.1) is 0 Å². The first-order valence-electron chi connectivity index (χ1n) is 11.0. The summed E-state index contributed by atoms with van der Waals surface area (Å²) in [4.78, 5) is 31.0. The Bertz CT molecular complexity index is 848. The Morgan fingerprint density at radius 3 is 2.39 bits per heavy atom. The highest BCUT2D eigenvalue weighted by Gasteiger charge is 2.23. The lowest BCUT2D eigenvalue weighted by molar-refractivity contribution is -0.134. The summed E-state index contributed by atoms with van der Waals surface area (Å²) in [6.45, 7) is 3.80. The minimum absolute atomic E-state index is 0.0884. The Morgan fingerprint density at radius 1 is 0.968 bits per heavy atom. The summed E-state index contributed by atoms with van der Waals surface area (Å²) in [5.74, 6) is 1.10. The van der Waals surface area contributed by atoms with Crippen LogP contribution in [-0.2, 0) is 22.6 Å². The number of hydrogen-bond donors (Lipinski definition) is 0. The third-order valence-corrected chi connectivity index (χ3v) is 5.76. The van der Waals surface area contributed by atoms with Crippen LogP contribution < -0.4 is 4.74 Å². The van der Waals surface area contributed by atoms with Crippen LogP contribution in [0.1, 0.15) is 24.0 Å². The van der Waals surface area contributed by atoms with Crippen LogP contribution in [0.15, 0.2) is 54.6 Å². The number of methoxy groups -OCH3 is 1. The number of carbonyl (C=O) groups is 2. The van der Waals surface area contributed by atoms with Gasteiger partial charge in [-0.05, 0) is 36.1 Å². The molecule has 0 unspecified atom stereocenters. The van der Waals surface area contributed by atoms with E-state index in [9.17, 15) is 9.59 Å². The van der Waals surface area contributed by atoms with Crippen LogP contribution in [0.2, 0.25) is 0 Å². The maximum absolute atomic E-state index is 12.6. The molecule has 1 heterocycles. The van der Waals surface area contributed by atoms with Crippen molar-refractivity contribution in [2.24, 2.45) is 0 Å². The van der Waals surface area contributed by atoms with Crippen LogP contribution in [0.5, 0.6) is 5.75 Å². The summed E-state index contributed by atoms with van der Waals surface area (Å²) in [6, 6.07) is 18.1. The van der Waals surface area contributed by atoms with Crippen molar-refractivity contribution in [3.05, 3.63) is 65.7 Å². The van der Waals surface area contributed by atoms with Gasteiger partial charge in [0.1, 0.15) is 5.75 Å².